The van der Waals surface area contributed by atoms with Gasteiger partial charge in [-0.3, -0.25) is 4.99 Å². The average Bonchev–Trinajstić information content (AvgIpc) is 2.50. The Morgan fingerprint density at radius 3 is 2.65 bits per heavy atom. The van der Waals surface area contributed by atoms with Gasteiger partial charge in [-0.15, -0.1) is 24.0 Å². The molecule has 0 aliphatic rings. The highest BCUT2D eigenvalue weighted by Crippen LogP contribution is 2.11. The number of hydrogen-bond donors (Lipinski definition) is 2. The Morgan fingerprint density at radius 1 is 1.30 bits per heavy atom. The van der Waals surface area contributed by atoms with Crippen molar-refractivity contribution >= 4 is 41.5 Å². The number of methoxy groups -OCH3 is 1. The van der Waals surface area contributed by atoms with E-state index in [2.05, 4.69) is 15.6 Å². The van der Waals surface area contributed by atoms with Gasteiger partial charge in [0.15, 0.2) is 5.96 Å². The summed E-state index contributed by atoms with van der Waals surface area (Å²) < 4.78 is 11.0. The van der Waals surface area contributed by atoms with Crippen LogP contribution in [-0.4, -0.2) is 45.4 Å². The molecule has 0 bridgehead atoms. The van der Waals surface area contributed by atoms with Gasteiger partial charge in [-0.25, -0.2) is 0 Å². The highest BCUT2D eigenvalue weighted by molar-refractivity contribution is 14.0. The summed E-state index contributed by atoms with van der Waals surface area (Å²) in [4.78, 5) is 4.16. The molecule has 0 saturated carbocycles. The van der Waals surface area contributed by atoms with Crippen LogP contribution in [-0.2, 0) is 16.1 Å². The quantitative estimate of drug-likeness (QED) is 0.274. The second kappa shape index (κ2) is 11.9. The van der Waals surface area contributed by atoms with Crippen LogP contribution < -0.4 is 10.6 Å². The number of nitrogens with one attached hydrogen (secondary N) is 2. The summed E-state index contributed by atoms with van der Waals surface area (Å²) in [5.74, 6) is 0.733. The molecule has 7 heteroatoms. The Bertz CT molecular complexity index is 484. The van der Waals surface area contributed by atoms with Crippen molar-refractivity contribution in [2.24, 2.45) is 4.99 Å². The zero-order valence-corrected chi connectivity index (χ0v) is 17.3. The summed E-state index contributed by atoms with van der Waals surface area (Å²) in [5.41, 5.74) is 0.831. The second-order valence-corrected chi connectivity index (χ2v) is 5.94. The van der Waals surface area contributed by atoms with Crippen molar-refractivity contribution in [1.82, 2.24) is 10.6 Å². The first kappa shape index (κ1) is 22.4. The number of ether oxygens (including phenoxy) is 2. The average molecular weight is 456 g/mol. The number of hydrogen-bond acceptors (Lipinski definition) is 3. The second-order valence-electron chi connectivity index (χ2n) is 5.50. The summed E-state index contributed by atoms with van der Waals surface area (Å²) in [6.07, 6.45) is 0. The van der Waals surface area contributed by atoms with Gasteiger partial charge in [-0.1, -0.05) is 23.7 Å². The van der Waals surface area contributed by atoms with Crippen molar-refractivity contribution in [3.05, 3.63) is 34.9 Å². The van der Waals surface area contributed by atoms with E-state index in [9.17, 15) is 0 Å². The van der Waals surface area contributed by atoms with E-state index in [1.165, 1.54) is 0 Å². The zero-order chi connectivity index (χ0) is 16.4. The lowest BCUT2D eigenvalue weighted by Crippen LogP contribution is -2.46. The van der Waals surface area contributed by atoms with Gasteiger partial charge in [0, 0.05) is 32.3 Å². The molecule has 2 N–H and O–H groups in total. The molecule has 1 aromatic carbocycles. The normalized spacial score (nSPS) is 11.8. The molecule has 0 saturated heterocycles. The van der Waals surface area contributed by atoms with Gasteiger partial charge in [-0.2, -0.15) is 0 Å². The lowest BCUT2D eigenvalue weighted by molar-refractivity contribution is 0.0268. The number of nitrogens with zero attached hydrogens (tertiary/aromatic N) is 1. The topological polar surface area (TPSA) is 54.9 Å². The molecule has 23 heavy (non-hydrogen) atoms. The van der Waals surface area contributed by atoms with Crippen molar-refractivity contribution in [1.29, 1.82) is 0 Å². The van der Waals surface area contributed by atoms with Crippen LogP contribution in [0.4, 0.5) is 0 Å². The molecule has 0 radical (unpaired) electrons. The van der Waals surface area contributed by atoms with E-state index in [1.807, 2.05) is 38.1 Å². The van der Waals surface area contributed by atoms with Gasteiger partial charge in [0.1, 0.15) is 0 Å². The molecule has 0 amide bonds. The Kier molecular flexibility index (Phi) is 11.6. The van der Waals surface area contributed by atoms with Crippen LogP contribution in [0.15, 0.2) is 29.3 Å². The molecular weight excluding hydrogens is 429 g/mol. The molecule has 0 aromatic heterocycles. The third-order valence-electron chi connectivity index (χ3n) is 3.15. The predicted molar refractivity (Wildman–Crippen MR) is 107 cm³/mol. The van der Waals surface area contributed by atoms with Gasteiger partial charge < -0.3 is 20.1 Å². The molecule has 0 unspecified atom stereocenters. The van der Waals surface area contributed by atoms with Crippen LogP contribution in [0.2, 0.25) is 5.02 Å². The third-order valence-corrected chi connectivity index (χ3v) is 3.39. The summed E-state index contributed by atoms with van der Waals surface area (Å²) in [5, 5.41) is 7.14. The van der Waals surface area contributed by atoms with E-state index < -0.39 is 0 Å². The van der Waals surface area contributed by atoms with E-state index in [1.54, 1.807) is 14.2 Å². The van der Waals surface area contributed by atoms with Crippen molar-refractivity contribution in [3.8, 4) is 0 Å². The van der Waals surface area contributed by atoms with E-state index in [4.69, 9.17) is 21.1 Å². The first-order valence-corrected chi connectivity index (χ1v) is 7.66. The van der Waals surface area contributed by atoms with Gasteiger partial charge in [0.25, 0.3) is 0 Å². The molecular formula is C16H27ClIN3O2. The fraction of sp³-hybridized carbons (Fsp3) is 0.562. The zero-order valence-electron chi connectivity index (χ0n) is 14.2. The maximum atomic E-state index is 5.93. The highest BCUT2D eigenvalue weighted by Gasteiger charge is 2.16. The fourth-order valence-corrected chi connectivity index (χ4v) is 1.86. The molecule has 0 heterocycles. The smallest absolute Gasteiger partial charge is 0.191 e. The molecule has 0 spiro atoms. The first-order chi connectivity index (χ1) is 10.5. The van der Waals surface area contributed by atoms with Gasteiger partial charge >= 0.3 is 0 Å². The number of guanidine groups is 1. The summed E-state index contributed by atoms with van der Waals surface area (Å²) >= 11 is 5.93. The minimum absolute atomic E-state index is 0. The van der Waals surface area contributed by atoms with E-state index in [0.717, 1.165) is 16.5 Å². The Hall–Kier alpha value is -0.570. The predicted octanol–water partition coefficient (Wildman–Crippen LogP) is 3.06. The molecule has 132 valence electrons. The number of rotatable bonds is 8. The van der Waals surface area contributed by atoms with Crippen molar-refractivity contribution < 1.29 is 9.47 Å². The van der Waals surface area contributed by atoms with E-state index in [0.29, 0.717) is 26.3 Å². The molecule has 1 aromatic rings. The van der Waals surface area contributed by atoms with Crippen LogP contribution in [0.25, 0.3) is 0 Å². The number of halogens is 2. The SMILES string of the molecule is CN=C(NCCOCc1cccc(Cl)c1)NCC(C)(C)OC.I. The number of aliphatic imine (C=N–C) groups is 1. The minimum Gasteiger partial charge on any atom is -0.377 e. The highest BCUT2D eigenvalue weighted by atomic mass is 127. The molecule has 0 fully saturated rings. The Morgan fingerprint density at radius 2 is 2.04 bits per heavy atom. The fourth-order valence-electron chi connectivity index (χ4n) is 1.65. The maximum absolute atomic E-state index is 5.93. The molecule has 5 nitrogen and oxygen atoms in total. The van der Waals surface area contributed by atoms with Crippen LogP contribution in [0, 0.1) is 0 Å². The molecule has 0 aliphatic carbocycles. The molecule has 1 rings (SSSR count). The minimum atomic E-state index is -0.235. The van der Waals surface area contributed by atoms with Gasteiger partial charge in [-0.05, 0) is 31.5 Å². The maximum Gasteiger partial charge on any atom is 0.191 e. The molecule has 0 aliphatic heterocycles. The van der Waals surface area contributed by atoms with Crippen LogP contribution in [0.5, 0.6) is 0 Å². The molecule has 0 atom stereocenters. The van der Waals surface area contributed by atoms with Crippen LogP contribution in [0.3, 0.4) is 0 Å². The number of benzene rings is 1. The third kappa shape index (κ3) is 10.0. The van der Waals surface area contributed by atoms with Gasteiger partial charge in [0.2, 0.25) is 0 Å². The van der Waals surface area contributed by atoms with Gasteiger partial charge in [0.05, 0.1) is 18.8 Å². The van der Waals surface area contributed by atoms with E-state index in [-0.39, 0.29) is 29.6 Å². The largest absolute Gasteiger partial charge is 0.377 e. The summed E-state index contributed by atoms with van der Waals surface area (Å²) in [6, 6.07) is 7.67. The summed E-state index contributed by atoms with van der Waals surface area (Å²) in [6.45, 7) is 6.51. The monoisotopic (exact) mass is 455 g/mol. The Labute approximate surface area is 161 Å². The lowest BCUT2D eigenvalue weighted by atomic mass is 10.1. The standard InChI is InChI=1S/C16H26ClN3O2.HI/c1-16(2,21-4)12-20-15(18-3)19-8-9-22-11-13-6-5-7-14(17)10-13;/h5-7,10H,8-9,11-12H2,1-4H3,(H2,18,19,20);1H. The van der Waals surface area contributed by atoms with Crippen LogP contribution >= 0.6 is 35.6 Å². The van der Waals surface area contributed by atoms with Crippen molar-refractivity contribution in [3.63, 3.8) is 0 Å². The Balaban J connectivity index is 0.00000484. The summed E-state index contributed by atoms with van der Waals surface area (Å²) in [7, 11) is 3.43. The van der Waals surface area contributed by atoms with Crippen LogP contribution in [0.1, 0.15) is 19.4 Å². The van der Waals surface area contributed by atoms with Crippen molar-refractivity contribution in [2.75, 3.05) is 33.9 Å². The van der Waals surface area contributed by atoms with Crippen molar-refractivity contribution in [2.45, 2.75) is 26.1 Å². The lowest BCUT2D eigenvalue weighted by Gasteiger charge is -2.24. The van der Waals surface area contributed by atoms with E-state index >= 15 is 0 Å². The first-order valence-electron chi connectivity index (χ1n) is 7.29.